The van der Waals surface area contributed by atoms with Crippen molar-refractivity contribution in [2.75, 3.05) is 17.6 Å². The van der Waals surface area contributed by atoms with Gasteiger partial charge in [-0.15, -0.1) is 23.1 Å². The summed E-state index contributed by atoms with van der Waals surface area (Å²) in [4.78, 5) is 30.3. The normalized spacial score (nSPS) is 14.4. The molecule has 0 saturated carbocycles. The number of amides is 2. The number of thiazole rings is 1. The lowest BCUT2D eigenvalue weighted by Crippen LogP contribution is -2.30. The molecule has 27 heavy (non-hydrogen) atoms. The van der Waals surface area contributed by atoms with Crippen molar-refractivity contribution < 1.29 is 9.59 Å². The fraction of sp³-hybridized carbons (Fsp3) is 0.421. The number of rotatable bonds is 8. The van der Waals surface area contributed by atoms with E-state index in [1.165, 1.54) is 35.2 Å². The molecule has 2 aromatic rings. The molecule has 6 nitrogen and oxygen atoms in total. The number of para-hydroxylation sites is 1. The Bertz CT molecular complexity index is 798. The van der Waals surface area contributed by atoms with Gasteiger partial charge in [0.1, 0.15) is 5.01 Å². The third-order valence-electron chi connectivity index (χ3n) is 4.33. The molecule has 0 spiro atoms. The van der Waals surface area contributed by atoms with Crippen LogP contribution < -0.4 is 16.4 Å². The Labute approximate surface area is 167 Å². The number of aryl methyl sites for hydroxylation is 2. The molecule has 0 aliphatic heterocycles. The first-order valence-corrected chi connectivity index (χ1v) is 10.8. The molecule has 144 valence electrons. The Kier molecular flexibility index (Phi) is 6.87. The molecular formula is C19H24N4O2S2. The van der Waals surface area contributed by atoms with Gasteiger partial charge in [0, 0.05) is 9.77 Å². The number of nitrogens with two attached hydrogens (primary N) is 1. The third kappa shape index (κ3) is 5.54. The van der Waals surface area contributed by atoms with E-state index in [1.807, 2.05) is 31.2 Å². The molecule has 1 aliphatic carbocycles. The van der Waals surface area contributed by atoms with Gasteiger partial charge >= 0.3 is 0 Å². The summed E-state index contributed by atoms with van der Waals surface area (Å²) in [6, 6.07) is 7.42. The molecule has 8 heteroatoms. The maximum Gasteiger partial charge on any atom is 0.238 e. The minimum absolute atomic E-state index is 0.0332. The average Bonchev–Trinajstić information content (AvgIpc) is 3.09. The summed E-state index contributed by atoms with van der Waals surface area (Å²) in [5, 5.41) is 7.20. The molecule has 0 unspecified atom stereocenters. The molecule has 0 radical (unpaired) electrons. The van der Waals surface area contributed by atoms with Crippen molar-refractivity contribution in [2.24, 2.45) is 5.73 Å². The van der Waals surface area contributed by atoms with E-state index in [-0.39, 0.29) is 30.2 Å². The number of fused-ring (bicyclic) bond motifs is 1. The van der Waals surface area contributed by atoms with E-state index in [0.29, 0.717) is 5.69 Å². The summed E-state index contributed by atoms with van der Waals surface area (Å²) in [5.74, 6) is -0.338. The molecule has 4 N–H and O–H groups in total. The third-order valence-corrected chi connectivity index (χ3v) is 6.77. The number of nitrogens with zero attached hydrogens (tertiary/aromatic N) is 1. The fourth-order valence-corrected chi connectivity index (χ4v) is 4.86. The Morgan fingerprint density at radius 2 is 2.07 bits per heavy atom. The SMILES string of the molecule is C[C@H](NCC(=O)Nc1ccccc1SCC(N)=O)c1nc2c(s1)CCCC2. The molecule has 3 rings (SSSR count). The van der Waals surface area contributed by atoms with Gasteiger partial charge in [0.15, 0.2) is 0 Å². The zero-order chi connectivity index (χ0) is 19.2. The summed E-state index contributed by atoms with van der Waals surface area (Å²) in [6.45, 7) is 2.23. The monoisotopic (exact) mass is 404 g/mol. The van der Waals surface area contributed by atoms with Gasteiger partial charge in [-0.25, -0.2) is 4.98 Å². The van der Waals surface area contributed by atoms with Gasteiger partial charge in [0.05, 0.1) is 29.7 Å². The number of carbonyl (C=O) groups is 2. The lowest BCUT2D eigenvalue weighted by Gasteiger charge is -2.13. The van der Waals surface area contributed by atoms with Crippen molar-refractivity contribution >= 4 is 40.6 Å². The van der Waals surface area contributed by atoms with Crippen LogP contribution in [-0.2, 0) is 22.4 Å². The van der Waals surface area contributed by atoms with Crippen LogP contribution in [0.2, 0.25) is 0 Å². The number of hydrogen-bond donors (Lipinski definition) is 3. The van der Waals surface area contributed by atoms with Gasteiger partial charge in [-0.3, -0.25) is 14.9 Å². The van der Waals surface area contributed by atoms with Crippen LogP contribution in [0.4, 0.5) is 5.69 Å². The van der Waals surface area contributed by atoms with Crippen LogP contribution in [-0.4, -0.2) is 29.1 Å². The zero-order valence-electron chi connectivity index (χ0n) is 15.3. The molecule has 1 aromatic carbocycles. The molecular weight excluding hydrogens is 380 g/mol. The van der Waals surface area contributed by atoms with Gasteiger partial charge in [-0.05, 0) is 44.7 Å². The number of nitrogens with one attached hydrogen (secondary N) is 2. The van der Waals surface area contributed by atoms with Crippen molar-refractivity contribution in [2.45, 2.75) is 43.5 Å². The molecule has 0 saturated heterocycles. The van der Waals surface area contributed by atoms with E-state index in [9.17, 15) is 9.59 Å². The van der Waals surface area contributed by atoms with Gasteiger partial charge < -0.3 is 11.1 Å². The van der Waals surface area contributed by atoms with Gasteiger partial charge in [0.2, 0.25) is 11.8 Å². The van der Waals surface area contributed by atoms with Crippen molar-refractivity contribution in [1.82, 2.24) is 10.3 Å². The molecule has 1 aliphatic rings. The van der Waals surface area contributed by atoms with Crippen molar-refractivity contribution in [3.63, 3.8) is 0 Å². The second-order valence-electron chi connectivity index (χ2n) is 6.53. The summed E-state index contributed by atoms with van der Waals surface area (Å²) in [5.41, 5.74) is 7.13. The lowest BCUT2D eigenvalue weighted by molar-refractivity contribution is -0.116. The Balaban J connectivity index is 1.54. The van der Waals surface area contributed by atoms with E-state index < -0.39 is 0 Å². The first-order chi connectivity index (χ1) is 13.0. The topological polar surface area (TPSA) is 97.1 Å². The van der Waals surface area contributed by atoms with Crippen molar-refractivity contribution in [3.05, 3.63) is 39.8 Å². The van der Waals surface area contributed by atoms with Crippen molar-refractivity contribution in [1.29, 1.82) is 0 Å². The largest absolute Gasteiger partial charge is 0.369 e. The van der Waals surface area contributed by atoms with Crippen LogP contribution in [0.25, 0.3) is 0 Å². The van der Waals surface area contributed by atoms with E-state index in [4.69, 9.17) is 10.7 Å². The first kappa shape index (κ1) is 19.9. The van der Waals surface area contributed by atoms with E-state index in [1.54, 1.807) is 11.3 Å². The number of thioether (sulfide) groups is 1. The first-order valence-electron chi connectivity index (χ1n) is 9.05. The molecule has 0 fully saturated rings. The van der Waals surface area contributed by atoms with Crippen LogP contribution in [0, 0.1) is 0 Å². The minimum Gasteiger partial charge on any atom is -0.369 e. The number of aromatic nitrogens is 1. The van der Waals surface area contributed by atoms with Gasteiger partial charge in [0.25, 0.3) is 0 Å². The van der Waals surface area contributed by atoms with Crippen LogP contribution >= 0.6 is 23.1 Å². The standard InChI is InChI=1S/C19H24N4O2S2/c1-12(19-23-14-7-3-5-9-16(14)27-19)21-10-18(25)22-13-6-2-4-8-15(13)26-11-17(20)24/h2,4,6,8,12,21H,3,5,7,9-11H2,1H3,(H2,20,24)(H,22,25)/t12-/m0/s1. The lowest BCUT2D eigenvalue weighted by atomic mass is 10.0. The number of benzene rings is 1. The molecule has 1 heterocycles. The highest BCUT2D eigenvalue weighted by atomic mass is 32.2. The van der Waals surface area contributed by atoms with E-state index in [0.717, 1.165) is 22.7 Å². The maximum absolute atomic E-state index is 12.3. The molecule has 1 aromatic heterocycles. The highest BCUT2D eigenvalue weighted by Crippen LogP contribution is 2.30. The highest BCUT2D eigenvalue weighted by Gasteiger charge is 2.19. The quantitative estimate of drug-likeness (QED) is 0.588. The summed E-state index contributed by atoms with van der Waals surface area (Å²) in [7, 11) is 0. The predicted octanol–water partition coefficient (Wildman–Crippen LogP) is 2.89. The molecule has 2 amide bonds. The van der Waals surface area contributed by atoms with Crippen LogP contribution in [0.15, 0.2) is 29.2 Å². The highest BCUT2D eigenvalue weighted by molar-refractivity contribution is 8.00. The summed E-state index contributed by atoms with van der Waals surface area (Å²) >= 11 is 3.07. The van der Waals surface area contributed by atoms with E-state index in [2.05, 4.69) is 10.6 Å². The average molecular weight is 405 g/mol. The second kappa shape index (κ2) is 9.34. The molecule has 1 atom stereocenters. The van der Waals surface area contributed by atoms with Crippen LogP contribution in [0.3, 0.4) is 0 Å². The predicted molar refractivity (Wildman–Crippen MR) is 110 cm³/mol. The summed E-state index contributed by atoms with van der Waals surface area (Å²) in [6.07, 6.45) is 4.65. The fourth-order valence-electron chi connectivity index (χ4n) is 2.93. The molecule has 0 bridgehead atoms. The van der Waals surface area contributed by atoms with Crippen LogP contribution in [0.5, 0.6) is 0 Å². The van der Waals surface area contributed by atoms with E-state index >= 15 is 0 Å². The number of anilines is 1. The number of hydrogen-bond acceptors (Lipinski definition) is 6. The smallest absolute Gasteiger partial charge is 0.238 e. The van der Waals surface area contributed by atoms with Gasteiger partial charge in [-0.2, -0.15) is 0 Å². The zero-order valence-corrected chi connectivity index (χ0v) is 16.9. The Morgan fingerprint density at radius 3 is 2.85 bits per heavy atom. The Morgan fingerprint density at radius 1 is 1.30 bits per heavy atom. The number of primary amides is 1. The van der Waals surface area contributed by atoms with Crippen molar-refractivity contribution in [3.8, 4) is 0 Å². The Hall–Kier alpha value is -1.90. The minimum atomic E-state index is -0.386. The summed E-state index contributed by atoms with van der Waals surface area (Å²) < 4.78 is 0. The maximum atomic E-state index is 12.3. The van der Waals surface area contributed by atoms with Gasteiger partial charge in [-0.1, -0.05) is 12.1 Å². The number of carbonyl (C=O) groups excluding carboxylic acids is 2. The second-order valence-corrected chi connectivity index (χ2v) is 8.66. The van der Waals surface area contributed by atoms with Crippen LogP contribution in [0.1, 0.15) is 41.4 Å².